The fourth-order valence-corrected chi connectivity index (χ4v) is 1.78. The predicted molar refractivity (Wildman–Crippen MR) is 81.3 cm³/mol. The van der Waals surface area contributed by atoms with Crippen LogP contribution in [0.2, 0.25) is 0 Å². The normalized spacial score (nSPS) is 9.85. The molecule has 0 unspecified atom stereocenters. The van der Waals surface area contributed by atoms with Crippen LogP contribution in [0.25, 0.3) is 0 Å². The van der Waals surface area contributed by atoms with E-state index in [4.69, 9.17) is 11.1 Å². The number of carbonyl (C=O) groups excluding carboxylic acids is 1. The van der Waals surface area contributed by atoms with Gasteiger partial charge in [-0.1, -0.05) is 24.3 Å². The highest BCUT2D eigenvalue weighted by atomic mass is 16.2. The van der Waals surface area contributed by atoms with E-state index in [0.717, 1.165) is 11.3 Å². The van der Waals surface area contributed by atoms with E-state index in [9.17, 15) is 4.79 Å². The van der Waals surface area contributed by atoms with E-state index >= 15 is 0 Å². The minimum atomic E-state index is -0.337. The summed E-state index contributed by atoms with van der Waals surface area (Å²) in [5.74, 6) is -0.0345. The van der Waals surface area contributed by atoms with Gasteiger partial charge < -0.3 is 16.4 Å². The van der Waals surface area contributed by atoms with Crippen molar-refractivity contribution in [3.8, 4) is 0 Å². The maximum atomic E-state index is 11.9. The Hall–Kier alpha value is -2.82. The van der Waals surface area contributed by atoms with Crippen molar-refractivity contribution < 1.29 is 4.79 Å². The van der Waals surface area contributed by atoms with Crippen LogP contribution in [-0.2, 0) is 0 Å². The zero-order chi connectivity index (χ0) is 14.5. The van der Waals surface area contributed by atoms with Crippen LogP contribution < -0.4 is 16.4 Å². The van der Waals surface area contributed by atoms with Crippen molar-refractivity contribution in [2.45, 2.75) is 6.92 Å². The van der Waals surface area contributed by atoms with Gasteiger partial charge in [-0.2, -0.15) is 0 Å². The summed E-state index contributed by atoms with van der Waals surface area (Å²) in [5, 5.41) is 12.8. The zero-order valence-corrected chi connectivity index (χ0v) is 11.1. The molecule has 0 aliphatic carbocycles. The van der Waals surface area contributed by atoms with Crippen LogP contribution in [0.15, 0.2) is 48.5 Å². The molecule has 0 saturated carbocycles. The highest BCUT2D eigenvalue weighted by Crippen LogP contribution is 2.13. The lowest BCUT2D eigenvalue weighted by Crippen LogP contribution is -2.20. The molecule has 0 aliphatic heterocycles. The molecule has 0 saturated heterocycles. The fourth-order valence-electron chi connectivity index (χ4n) is 1.78. The number of amidine groups is 1. The molecular formula is C15H16N4O. The molecule has 0 aliphatic rings. The quantitative estimate of drug-likeness (QED) is 0.509. The molecule has 5 N–H and O–H groups in total. The van der Waals surface area contributed by atoms with Crippen molar-refractivity contribution in [1.29, 1.82) is 5.41 Å². The van der Waals surface area contributed by atoms with Gasteiger partial charge in [0.15, 0.2) is 0 Å². The number of hydrogen-bond acceptors (Lipinski definition) is 2. The largest absolute Gasteiger partial charge is 0.384 e. The van der Waals surface area contributed by atoms with Crippen molar-refractivity contribution in [1.82, 2.24) is 0 Å². The van der Waals surface area contributed by atoms with Crippen molar-refractivity contribution in [2.24, 2.45) is 5.73 Å². The lowest BCUT2D eigenvalue weighted by atomic mass is 10.2. The molecule has 102 valence electrons. The highest BCUT2D eigenvalue weighted by molar-refractivity contribution is 6.01. The monoisotopic (exact) mass is 268 g/mol. The lowest BCUT2D eigenvalue weighted by molar-refractivity contribution is 0.262. The molecule has 0 spiro atoms. The molecule has 0 fully saturated rings. The maximum Gasteiger partial charge on any atom is 0.323 e. The van der Waals surface area contributed by atoms with Gasteiger partial charge in [0.25, 0.3) is 0 Å². The highest BCUT2D eigenvalue weighted by Gasteiger charge is 2.04. The average molecular weight is 268 g/mol. The first kappa shape index (κ1) is 13.6. The summed E-state index contributed by atoms with van der Waals surface area (Å²) in [7, 11) is 0. The first-order valence-corrected chi connectivity index (χ1v) is 6.14. The Morgan fingerprint density at radius 2 is 1.65 bits per heavy atom. The number of anilines is 2. The number of benzene rings is 2. The molecule has 2 amide bonds. The van der Waals surface area contributed by atoms with E-state index in [1.807, 2.05) is 31.2 Å². The molecule has 5 heteroatoms. The molecule has 2 aromatic rings. The van der Waals surface area contributed by atoms with Crippen LogP contribution in [0.3, 0.4) is 0 Å². The Bertz CT molecular complexity index is 652. The van der Waals surface area contributed by atoms with Gasteiger partial charge in [-0.15, -0.1) is 0 Å². The molecular weight excluding hydrogens is 252 g/mol. The molecule has 0 bridgehead atoms. The van der Waals surface area contributed by atoms with Crippen molar-refractivity contribution in [3.63, 3.8) is 0 Å². The standard InChI is InChI=1S/C15H16N4O/c1-10-4-2-6-12(8-10)18-15(20)19-13-7-3-5-11(9-13)14(16)17/h2-9H,1H3,(H3,16,17)(H2,18,19,20). The Morgan fingerprint density at radius 1 is 1.05 bits per heavy atom. The summed E-state index contributed by atoms with van der Waals surface area (Å²) in [6.07, 6.45) is 0. The van der Waals surface area contributed by atoms with Gasteiger partial charge in [0.2, 0.25) is 0 Å². The van der Waals surface area contributed by atoms with Crippen LogP contribution in [0.4, 0.5) is 16.2 Å². The van der Waals surface area contributed by atoms with Crippen LogP contribution in [0.5, 0.6) is 0 Å². The number of rotatable bonds is 3. The van der Waals surface area contributed by atoms with E-state index < -0.39 is 0 Å². The number of nitrogens with one attached hydrogen (secondary N) is 3. The zero-order valence-electron chi connectivity index (χ0n) is 11.1. The van der Waals surface area contributed by atoms with Crippen molar-refractivity contribution in [3.05, 3.63) is 59.7 Å². The van der Waals surface area contributed by atoms with E-state index in [1.165, 1.54) is 0 Å². The minimum Gasteiger partial charge on any atom is -0.384 e. The first-order valence-electron chi connectivity index (χ1n) is 6.14. The number of amides is 2. The molecule has 5 nitrogen and oxygen atoms in total. The second-order valence-electron chi connectivity index (χ2n) is 4.44. The predicted octanol–water partition coefficient (Wildman–Crippen LogP) is 2.92. The third-order valence-corrected chi connectivity index (χ3v) is 2.71. The summed E-state index contributed by atoms with van der Waals surface area (Å²) >= 11 is 0. The van der Waals surface area contributed by atoms with Crippen LogP contribution >= 0.6 is 0 Å². The summed E-state index contributed by atoms with van der Waals surface area (Å²) in [5.41, 5.74) is 8.36. The fraction of sp³-hybridized carbons (Fsp3) is 0.0667. The second kappa shape index (κ2) is 5.88. The number of nitrogen functional groups attached to an aromatic ring is 1. The Balaban J connectivity index is 2.04. The lowest BCUT2D eigenvalue weighted by Gasteiger charge is -2.09. The third-order valence-electron chi connectivity index (χ3n) is 2.71. The summed E-state index contributed by atoms with van der Waals surface area (Å²) in [6.45, 7) is 1.96. The van der Waals surface area contributed by atoms with Crippen molar-refractivity contribution in [2.75, 3.05) is 10.6 Å². The number of carbonyl (C=O) groups is 1. The van der Waals surface area contributed by atoms with Crippen LogP contribution in [-0.4, -0.2) is 11.9 Å². The van der Waals surface area contributed by atoms with Gasteiger partial charge in [0.05, 0.1) is 0 Å². The van der Waals surface area contributed by atoms with E-state index in [1.54, 1.807) is 24.3 Å². The molecule has 0 heterocycles. The third kappa shape index (κ3) is 3.58. The maximum absolute atomic E-state index is 11.9. The average Bonchev–Trinajstić information content (AvgIpc) is 2.38. The molecule has 0 radical (unpaired) electrons. The second-order valence-corrected chi connectivity index (χ2v) is 4.44. The summed E-state index contributed by atoms with van der Waals surface area (Å²) in [6, 6.07) is 14.0. The smallest absolute Gasteiger partial charge is 0.323 e. The summed E-state index contributed by atoms with van der Waals surface area (Å²) in [4.78, 5) is 11.9. The number of hydrogen-bond donors (Lipinski definition) is 4. The number of aryl methyl sites for hydroxylation is 1. The number of urea groups is 1. The van der Waals surface area contributed by atoms with Gasteiger partial charge in [0.1, 0.15) is 5.84 Å². The van der Waals surface area contributed by atoms with Crippen LogP contribution in [0, 0.1) is 12.3 Å². The van der Waals surface area contributed by atoms with Gasteiger partial charge in [-0.25, -0.2) is 4.79 Å². The minimum absolute atomic E-state index is 0.0345. The first-order chi connectivity index (χ1) is 9.54. The topological polar surface area (TPSA) is 91.0 Å². The molecule has 2 aromatic carbocycles. The number of nitrogens with two attached hydrogens (primary N) is 1. The van der Waals surface area contributed by atoms with Gasteiger partial charge in [-0.3, -0.25) is 5.41 Å². The van der Waals surface area contributed by atoms with Crippen LogP contribution in [0.1, 0.15) is 11.1 Å². The molecule has 20 heavy (non-hydrogen) atoms. The molecule has 0 aromatic heterocycles. The summed E-state index contributed by atoms with van der Waals surface area (Å²) < 4.78 is 0. The van der Waals surface area contributed by atoms with E-state index in [2.05, 4.69) is 10.6 Å². The Morgan fingerprint density at radius 3 is 2.25 bits per heavy atom. The SMILES string of the molecule is Cc1cccc(NC(=O)Nc2cccc(C(=N)N)c2)c1. The molecule has 2 rings (SSSR count). The van der Waals surface area contributed by atoms with Crippen molar-refractivity contribution >= 4 is 23.2 Å². The van der Waals surface area contributed by atoms with Gasteiger partial charge >= 0.3 is 6.03 Å². The van der Waals surface area contributed by atoms with E-state index in [0.29, 0.717) is 11.3 Å². The van der Waals surface area contributed by atoms with Gasteiger partial charge in [0, 0.05) is 16.9 Å². The van der Waals surface area contributed by atoms with E-state index in [-0.39, 0.29) is 11.9 Å². The Kier molecular flexibility index (Phi) is 4.00. The van der Waals surface area contributed by atoms with Gasteiger partial charge in [-0.05, 0) is 36.8 Å². The Labute approximate surface area is 117 Å². The molecule has 0 atom stereocenters.